The molecule has 1 aliphatic rings. The van der Waals surface area contributed by atoms with Gasteiger partial charge in [-0.1, -0.05) is 30.3 Å². The number of piperidine rings is 1. The van der Waals surface area contributed by atoms with Gasteiger partial charge >= 0.3 is 5.97 Å². The van der Waals surface area contributed by atoms with E-state index in [9.17, 15) is 9.59 Å². The Kier molecular flexibility index (Phi) is 4.34. The van der Waals surface area contributed by atoms with Crippen molar-refractivity contribution in [3.8, 4) is 0 Å². The third kappa shape index (κ3) is 3.44. The van der Waals surface area contributed by atoms with Crippen LogP contribution in [0.25, 0.3) is 0 Å². The van der Waals surface area contributed by atoms with Crippen LogP contribution in [0.3, 0.4) is 0 Å². The number of hydroxylamine groups is 2. The first-order chi connectivity index (χ1) is 9.20. The van der Waals surface area contributed by atoms with Crippen molar-refractivity contribution in [3.63, 3.8) is 0 Å². The third-order valence-corrected chi connectivity index (χ3v) is 3.12. The summed E-state index contributed by atoms with van der Waals surface area (Å²) in [6, 6.07) is 9.58. The summed E-state index contributed by atoms with van der Waals surface area (Å²) in [6.45, 7) is 0.748. The molecule has 19 heavy (non-hydrogen) atoms. The van der Waals surface area contributed by atoms with Gasteiger partial charge in [-0.3, -0.25) is 9.63 Å². The third-order valence-electron chi connectivity index (χ3n) is 3.12. The summed E-state index contributed by atoms with van der Waals surface area (Å²) < 4.78 is 0. The van der Waals surface area contributed by atoms with E-state index in [1.54, 1.807) is 5.94 Å². The molecule has 1 atom stereocenters. The van der Waals surface area contributed by atoms with Gasteiger partial charge in [-0.25, -0.2) is 9.86 Å². The lowest BCUT2D eigenvalue weighted by Crippen LogP contribution is -2.35. The molecule has 1 aliphatic heterocycles. The average Bonchev–Trinajstić information content (AvgIpc) is 2.45. The number of rotatable bonds is 4. The predicted molar refractivity (Wildman–Crippen MR) is 67.5 cm³/mol. The lowest BCUT2D eigenvalue weighted by atomic mass is 9.96. The molecule has 1 aromatic carbocycles. The Hall–Kier alpha value is -2.10. The molecular weight excluding hydrogens is 246 g/mol. The van der Waals surface area contributed by atoms with Crippen molar-refractivity contribution >= 4 is 11.9 Å². The molecule has 0 amide bonds. The molecule has 1 saturated heterocycles. The van der Waals surface area contributed by atoms with Gasteiger partial charge in [0.25, 0.3) is 0 Å². The van der Waals surface area contributed by atoms with E-state index >= 15 is 0 Å². The van der Waals surface area contributed by atoms with E-state index in [4.69, 9.17) is 9.94 Å². The van der Waals surface area contributed by atoms with E-state index in [0.717, 1.165) is 5.56 Å². The number of nitrogens with zero attached hydrogens (tertiary/aromatic N) is 1. The average molecular weight is 261 g/mol. The number of carbonyl (C=O) groups is 1. The molecular formula is C14H15NO4. The zero-order chi connectivity index (χ0) is 13.7. The molecule has 1 fully saturated rings. The maximum Gasteiger partial charge on any atom is 0.306 e. The Morgan fingerprint density at radius 3 is 2.79 bits per heavy atom. The molecule has 0 bridgehead atoms. The molecule has 0 radical (unpaired) electrons. The van der Waals surface area contributed by atoms with E-state index in [1.807, 2.05) is 30.3 Å². The van der Waals surface area contributed by atoms with Gasteiger partial charge in [0.05, 0.1) is 12.5 Å². The molecule has 1 unspecified atom stereocenters. The monoisotopic (exact) mass is 261 g/mol. The van der Waals surface area contributed by atoms with E-state index in [2.05, 4.69) is 0 Å². The molecule has 1 heterocycles. The minimum atomic E-state index is -0.879. The van der Waals surface area contributed by atoms with E-state index in [1.165, 1.54) is 5.06 Å². The van der Waals surface area contributed by atoms with Gasteiger partial charge in [-0.2, -0.15) is 0 Å². The van der Waals surface area contributed by atoms with E-state index in [0.29, 0.717) is 19.6 Å². The smallest absolute Gasteiger partial charge is 0.306 e. The number of carboxylic acids is 1. The van der Waals surface area contributed by atoms with E-state index in [-0.39, 0.29) is 12.1 Å². The first kappa shape index (κ1) is 13.3. The normalized spacial score (nSPS) is 19.1. The van der Waals surface area contributed by atoms with Crippen molar-refractivity contribution in [2.45, 2.75) is 19.4 Å². The number of benzene rings is 1. The highest BCUT2D eigenvalue weighted by Gasteiger charge is 2.29. The topological polar surface area (TPSA) is 66.8 Å². The molecule has 0 aromatic heterocycles. The first-order valence-corrected chi connectivity index (χ1v) is 6.12. The summed E-state index contributed by atoms with van der Waals surface area (Å²) in [4.78, 5) is 27.3. The lowest BCUT2D eigenvalue weighted by Gasteiger charge is -2.31. The van der Waals surface area contributed by atoms with Crippen LogP contribution in [0.15, 0.2) is 36.0 Å². The molecule has 2 rings (SSSR count). The van der Waals surface area contributed by atoms with Gasteiger partial charge in [-0.15, -0.1) is 0 Å². The van der Waals surface area contributed by atoms with Gasteiger partial charge in [0, 0.05) is 13.0 Å². The molecule has 0 aliphatic carbocycles. The van der Waals surface area contributed by atoms with Crippen molar-refractivity contribution in [2.75, 3.05) is 6.54 Å². The summed E-state index contributed by atoms with van der Waals surface area (Å²) in [5.74, 6) is 0.380. The molecule has 1 N–H and O–H groups in total. The van der Waals surface area contributed by atoms with Crippen LogP contribution in [0.4, 0.5) is 0 Å². The quantitative estimate of drug-likeness (QED) is 0.834. The van der Waals surface area contributed by atoms with Crippen molar-refractivity contribution in [1.29, 1.82) is 0 Å². The fourth-order valence-electron chi connectivity index (χ4n) is 2.02. The predicted octanol–water partition coefficient (Wildman–Crippen LogP) is 1.63. The number of carboxylic acid groups (broad SMARTS) is 1. The summed E-state index contributed by atoms with van der Waals surface area (Å²) in [6.07, 6.45) is 0.642. The molecule has 100 valence electrons. The maximum atomic E-state index is 10.9. The molecule has 5 heteroatoms. The van der Waals surface area contributed by atoms with Crippen LogP contribution in [-0.2, 0) is 21.0 Å². The minimum Gasteiger partial charge on any atom is -0.481 e. The zero-order valence-corrected chi connectivity index (χ0v) is 10.4. The largest absolute Gasteiger partial charge is 0.481 e. The number of aliphatic carboxylic acids is 1. The fourth-order valence-corrected chi connectivity index (χ4v) is 2.02. The molecule has 5 nitrogen and oxygen atoms in total. The Morgan fingerprint density at radius 2 is 2.16 bits per heavy atom. The molecule has 1 aromatic rings. The lowest BCUT2D eigenvalue weighted by molar-refractivity contribution is -0.163. The summed E-state index contributed by atoms with van der Waals surface area (Å²) >= 11 is 0. The van der Waals surface area contributed by atoms with Crippen LogP contribution >= 0.6 is 0 Å². The summed E-state index contributed by atoms with van der Waals surface area (Å²) in [5, 5.41) is 10.4. The Labute approximate surface area is 111 Å². The Balaban J connectivity index is 1.94. The number of hydrogen-bond acceptors (Lipinski definition) is 4. The standard InChI is InChI=1S/C14H15NO4/c16-9-13-8-12(14(17)18)6-7-15(13)19-10-11-4-2-1-3-5-11/h1-5,12H,6-8,10H2,(H,17,18). The summed E-state index contributed by atoms with van der Waals surface area (Å²) in [7, 11) is 0. The summed E-state index contributed by atoms with van der Waals surface area (Å²) in [5.41, 5.74) is 1.27. The van der Waals surface area contributed by atoms with Gasteiger partial charge in [0.2, 0.25) is 0 Å². The van der Waals surface area contributed by atoms with Crippen molar-refractivity contribution in [2.24, 2.45) is 5.92 Å². The van der Waals surface area contributed by atoms with Crippen LogP contribution in [-0.4, -0.2) is 28.6 Å². The number of carbonyl (C=O) groups excluding carboxylic acids is 1. The van der Waals surface area contributed by atoms with Gasteiger partial charge in [0.1, 0.15) is 11.6 Å². The highest BCUT2D eigenvalue weighted by molar-refractivity contribution is 5.71. The van der Waals surface area contributed by atoms with Crippen LogP contribution in [0.1, 0.15) is 18.4 Å². The van der Waals surface area contributed by atoms with Crippen LogP contribution in [0.2, 0.25) is 0 Å². The maximum absolute atomic E-state index is 10.9. The second-order valence-corrected chi connectivity index (χ2v) is 4.44. The highest BCUT2D eigenvalue weighted by Crippen LogP contribution is 2.25. The van der Waals surface area contributed by atoms with Crippen LogP contribution < -0.4 is 0 Å². The van der Waals surface area contributed by atoms with Gasteiger partial charge in [0.15, 0.2) is 0 Å². The Bertz CT molecular complexity index is 493. The minimum absolute atomic E-state index is 0.174. The number of allylic oxidation sites excluding steroid dienone is 1. The number of hydrogen-bond donors (Lipinski definition) is 1. The molecule has 0 spiro atoms. The van der Waals surface area contributed by atoms with Crippen molar-refractivity contribution in [1.82, 2.24) is 5.06 Å². The zero-order valence-electron chi connectivity index (χ0n) is 10.4. The van der Waals surface area contributed by atoms with Gasteiger partial charge in [-0.05, 0) is 12.0 Å². The Morgan fingerprint density at radius 1 is 1.42 bits per heavy atom. The van der Waals surface area contributed by atoms with Crippen LogP contribution in [0.5, 0.6) is 0 Å². The van der Waals surface area contributed by atoms with E-state index < -0.39 is 11.9 Å². The second-order valence-electron chi connectivity index (χ2n) is 4.44. The van der Waals surface area contributed by atoms with Crippen LogP contribution in [0, 0.1) is 5.92 Å². The SMILES string of the molecule is O=C=C1CC(C(=O)O)CCN1OCc1ccccc1. The highest BCUT2D eigenvalue weighted by atomic mass is 16.7. The van der Waals surface area contributed by atoms with Crippen molar-refractivity contribution < 1.29 is 19.5 Å². The van der Waals surface area contributed by atoms with Gasteiger partial charge < -0.3 is 5.11 Å². The van der Waals surface area contributed by atoms with Crippen molar-refractivity contribution in [3.05, 3.63) is 41.6 Å². The first-order valence-electron chi connectivity index (χ1n) is 6.12. The second kappa shape index (κ2) is 6.18. The fraction of sp³-hybridized carbons (Fsp3) is 0.357. The molecule has 0 saturated carbocycles.